The van der Waals surface area contributed by atoms with Gasteiger partial charge in [-0.3, -0.25) is 9.59 Å². The predicted molar refractivity (Wildman–Crippen MR) is 71.3 cm³/mol. The van der Waals surface area contributed by atoms with Crippen molar-refractivity contribution in [3.63, 3.8) is 0 Å². The number of carbonyl (C=O) groups is 1. The van der Waals surface area contributed by atoms with Crippen molar-refractivity contribution >= 4 is 11.8 Å². The summed E-state index contributed by atoms with van der Waals surface area (Å²) < 4.78 is 6.59. The molecule has 1 aromatic heterocycles. The summed E-state index contributed by atoms with van der Waals surface area (Å²) in [6, 6.07) is 0.327. The molecule has 1 saturated carbocycles. The Kier molecular flexibility index (Phi) is 4.19. The highest BCUT2D eigenvalue weighted by atomic mass is 16.5. The number of nitrogens with zero attached hydrogens (tertiary/aromatic N) is 3. The zero-order valence-corrected chi connectivity index (χ0v) is 11.3. The monoisotopic (exact) mass is 265 g/mol. The van der Waals surface area contributed by atoms with Crippen molar-refractivity contribution in [3.8, 4) is 0 Å². The van der Waals surface area contributed by atoms with E-state index in [0.717, 1.165) is 12.8 Å². The average molecular weight is 265 g/mol. The molecule has 0 spiro atoms. The van der Waals surface area contributed by atoms with Crippen LogP contribution in [-0.4, -0.2) is 35.7 Å². The number of esters is 1. The third-order valence-electron chi connectivity index (χ3n) is 3.11. The molecule has 1 aliphatic carbocycles. The fraction of sp³-hybridized carbons (Fsp3) is 0.615. The van der Waals surface area contributed by atoms with Gasteiger partial charge in [-0.1, -0.05) is 0 Å². The minimum Gasteiger partial charge on any atom is -0.466 e. The highest BCUT2D eigenvalue weighted by molar-refractivity contribution is 5.70. The van der Waals surface area contributed by atoms with Crippen molar-refractivity contribution in [2.24, 2.45) is 0 Å². The number of hydrogen-bond donors (Lipinski definition) is 0. The molecule has 6 heteroatoms. The molecule has 1 aromatic rings. The van der Waals surface area contributed by atoms with Crippen LogP contribution in [-0.2, 0) is 9.53 Å². The van der Waals surface area contributed by atoms with Crippen molar-refractivity contribution in [2.45, 2.75) is 32.2 Å². The highest BCUT2D eigenvalue weighted by Gasteiger charge is 2.25. The van der Waals surface area contributed by atoms with Crippen molar-refractivity contribution in [1.82, 2.24) is 9.55 Å². The molecule has 1 aliphatic rings. The second-order valence-corrected chi connectivity index (χ2v) is 4.67. The Balaban J connectivity index is 2.02. The Morgan fingerprint density at radius 3 is 2.95 bits per heavy atom. The van der Waals surface area contributed by atoms with Crippen molar-refractivity contribution in [2.75, 3.05) is 25.1 Å². The van der Waals surface area contributed by atoms with Crippen LogP contribution >= 0.6 is 0 Å². The van der Waals surface area contributed by atoms with Gasteiger partial charge in [-0.15, -0.1) is 0 Å². The summed E-state index contributed by atoms with van der Waals surface area (Å²) in [5, 5.41) is 0. The lowest BCUT2D eigenvalue weighted by Gasteiger charge is -2.17. The van der Waals surface area contributed by atoms with Gasteiger partial charge in [0.2, 0.25) is 0 Å². The summed E-state index contributed by atoms with van der Waals surface area (Å²) in [6.45, 7) is 2.57. The molecule has 1 fully saturated rings. The number of hydrogen-bond acceptors (Lipinski definition) is 5. The summed E-state index contributed by atoms with van der Waals surface area (Å²) in [7, 11) is 1.76. The molecule has 0 atom stereocenters. The molecule has 1 heterocycles. The van der Waals surface area contributed by atoms with E-state index in [1.165, 1.54) is 0 Å². The molecule has 0 aliphatic heterocycles. The maximum atomic E-state index is 12.2. The van der Waals surface area contributed by atoms with Gasteiger partial charge in [-0.05, 0) is 19.8 Å². The van der Waals surface area contributed by atoms with E-state index in [1.807, 2.05) is 0 Å². The minimum absolute atomic E-state index is 0.0867. The van der Waals surface area contributed by atoms with Crippen LogP contribution in [0.25, 0.3) is 0 Å². The van der Waals surface area contributed by atoms with Crippen LogP contribution in [0.15, 0.2) is 17.2 Å². The van der Waals surface area contributed by atoms with E-state index in [2.05, 4.69) is 4.98 Å². The van der Waals surface area contributed by atoms with Gasteiger partial charge in [-0.2, -0.15) is 0 Å². The Morgan fingerprint density at radius 2 is 2.32 bits per heavy atom. The zero-order valence-electron chi connectivity index (χ0n) is 11.3. The van der Waals surface area contributed by atoms with Crippen LogP contribution in [0.2, 0.25) is 0 Å². The van der Waals surface area contributed by atoms with E-state index in [4.69, 9.17) is 4.74 Å². The molecule has 0 bridgehead atoms. The summed E-state index contributed by atoms with van der Waals surface area (Å²) >= 11 is 0. The first-order chi connectivity index (χ1) is 9.13. The van der Waals surface area contributed by atoms with Crippen molar-refractivity contribution < 1.29 is 9.53 Å². The molecule has 6 nitrogen and oxygen atoms in total. The maximum absolute atomic E-state index is 12.2. The molecular formula is C13H19N3O3. The van der Waals surface area contributed by atoms with Gasteiger partial charge >= 0.3 is 5.97 Å². The predicted octanol–water partition coefficient (Wildman–Crippen LogP) is 0.968. The number of carbonyl (C=O) groups excluding carboxylic acids is 1. The smallest absolute Gasteiger partial charge is 0.307 e. The van der Waals surface area contributed by atoms with Gasteiger partial charge in [0.05, 0.1) is 13.0 Å². The SMILES string of the molecule is CCOC(=O)CCN(C)c1nccn(C2CC2)c1=O. The third-order valence-corrected chi connectivity index (χ3v) is 3.11. The van der Waals surface area contributed by atoms with Gasteiger partial charge in [0.1, 0.15) is 0 Å². The van der Waals surface area contributed by atoms with Gasteiger partial charge in [0, 0.05) is 32.0 Å². The van der Waals surface area contributed by atoms with Gasteiger partial charge in [0.25, 0.3) is 5.56 Å². The number of anilines is 1. The quantitative estimate of drug-likeness (QED) is 0.717. The largest absolute Gasteiger partial charge is 0.466 e. The van der Waals surface area contributed by atoms with Crippen LogP contribution in [0.1, 0.15) is 32.2 Å². The first kappa shape index (κ1) is 13.6. The average Bonchev–Trinajstić information content (AvgIpc) is 3.21. The lowest BCUT2D eigenvalue weighted by atomic mass is 10.4. The fourth-order valence-electron chi connectivity index (χ4n) is 1.91. The summed E-state index contributed by atoms with van der Waals surface area (Å²) in [4.78, 5) is 29.3. The summed E-state index contributed by atoms with van der Waals surface area (Å²) in [5.41, 5.74) is -0.0867. The second-order valence-electron chi connectivity index (χ2n) is 4.67. The van der Waals surface area contributed by atoms with Crippen molar-refractivity contribution in [3.05, 3.63) is 22.7 Å². The fourth-order valence-corrected chi connectivity index (χ4v) is 1.91. The van der Waals surface area contributed by atoms with Crippen LogP contribution in [0.4, 0.5) is 5.82 Å². The standard InChI is InChI=1S/C13H19N3O3/c1-3-19-11(17)6-8-15(2)12-13(18)16(9-7-14-12)10-4-5-10/h7,9-10H,3-6,8H2,1-2H3. The Bertz CT molecular complexity index is 508. The molecule has 104 valence electrons. The highest BCUT2D eigenvalue weighted by Crippen LogP contribution is 2.33. The van der Waals surface area contributed by atoms with Gasteiger partial charge in [0.15, 0.2) is 5.82 Å². The van der Waals surface area contributed by atoms with E-state index < -0.39 is 0 Å². The van der Waals surface area contributed by atoms with Crippen LogP contribution in [0, 0.1) is 0 Å². The number of rotatable bonds is 6. The molecule has 0 radical (unpaired) electrons. The Morgan fingerprint density at radius 1 is 1.58 bits per heavy atom. The van der Waals surface area contributed by atoms with Crippen molar-refractivity contribution in [1.29, 1.82) is 0 Å². The first-order valence-electron chi connectivity index (χ1n) is 6.57. The topological polar surface area (TPSA) is 64.4 Å². The Labute approximate surface area is 112 Å². The van der Waals surface area contributed by atoms with Gasteiger partial charge in [-0.25, -0.2) is 4.98 Å². The lowest BCUT2D eigenvalue weighted by molar-refractivity contribution is -0.142. The van der Waals surface area contributed by atoms with Crippen LogP contribution in [0.3, 0.4) is 0 Å². The molecule has 19 heavy (non-hydrogen) atoms. The Hall–Kier alpha value is -1.85. The van der Waals surface area contributed by atoms with E-state index in [9.17, 15) is 9.59 Å². The van der Waals surface area contributed by atoms with E-state index in [0.29, 0.717) is 25.0 Å². The molecule has 0 aromatic carbocycles. The van der Waals surface area contributed by atoms with Crippen LogP contribution < -0.4 is 10.5 Å². The molecule has 0 saturated heterocycles. The molecule has 0 N–H and O–H groups in total. The van der Waals surface area contributed by atoms with E-state index in [1.54, 1.807) is 35.8 Å². The third kappa shape index (κ3) is 3.33. The normalized spacial score (nSPS) is 14.2. The first-order valence-corrected chi connectivity index (χ1v) is 6.57. The number of aromatic nitrogens is 2. The molecule has 0 amide bonds. The maximum Gasteiger partial charge on any atom is 0.307 e. The van der Waals surface area contributed by atoms with E-state index >= 15 is 0 Å². The second kappa shape index (κ2) is 5.86. The molecular weight excluding hydrogens is 246 g/mol. The van der Waals surface area contributed by atoms with Gasteiger partial charge < -0.3 is 14.2 Å². The molecule has 0 unspecified atom stereocenters. The summed E-state index contributed by atoms with van der Waals surface area (Å²) in [5.74, 6) is 0.131. The zero-order chi connectivity index (χ0) is 13.8. The number of ether oxygens (including phenoxy) is 1. The molecule has 2 rings (SSSR count). The lowest BCUT2D eigenvalue weighted by Crippen LogP contribution is -2.31. The van der Waals surface area contributed by atoms with Crippen LogP contribution in [0.5, 0.6) is 0 Å². The minimum atomic E-state index is -0.257. The summed E-state index contributed by atoms with van der Waals surface area (Å²) in [6.07, 6.45) is 5.72. The van der Waals surface area contributed by atoms with E-state index in [-0.39, 0.29) is 17.9 Å².